The molecular formula is C17H18N4O3. The highest BCUT2D eigenvalue weighted by atomic mass is 16.6. The lowest BCUT2D eigenvalue weighted by atomic mass is 10.2. The average Bonchev–Trinajstić information content (AvgIpc) is 2.90. The minimum atomic E-state index is -0.554. The maximum absolute atomic E-state index is 11.9. The van der Waals surface area contributed by atoms with E-state index in [1.807, 2.05) is 30.3 Å². The van der Waals surface area contributed by atoms with Gasteiger partial charge in [-0.1, -0.05) is 30.3 Å². The predicted molar refractivity (Wildman–Crippen MR) is 90.9 cm³/mol. The summed E-state index contributed by atoms with van der Waals surface area (Å²) in [5.74, 6) is 0.359. The summed E-state index contributed by atoms with van der Waals surface area (Å²) in [6.07, 6.45) is -0.554. The number of hydrogen-bond acceptors (Lipinski definition) is 4. The number of imidazole rings is 1. The summed E-state index contributed by atoms with van der Waals surface area (Å²) in [6.45, 7) is 1.11. The van der Waals surface area contributed by atoms with Gasteiger partial charge in [-0.2, -0.15) is 0 Å². The summed E-state index contributed by atoms with van der Waals surface area (Å²) >= 11 is 0. The molecule has 1 amide bonds. The van der Waals surface area contributed by atoms with E-state index in [0.717, 1.165) is 5.56 Å². The molecule has 0 aliphatic carbocycles. The molecule has 0 saturated carbocycles. The first kappa shape index (κ1) is 15.8. The van der Waals surface area contributed by atoms with Gasteiger partial charge >= 0.3 is 11.8 Å². The molecule has 7 heteroatoms. The molecule has 3 aromatic rings. The van der Waals surface area contributed by atoms with Crippen LogP contribution in [0.5, 0.6) is 5.75 Å². The van der Waals surface area contributed by atoms with E-state index in [9.17, 15) is 9.59 Å². The number of benzene rings is 2. The number of amides is 1. The third-order valence-corrected chi connectivity index (χ3v) is 3.59. The lowest BCUT2D eigenvalue weighted by Crippen LogP contribution is -2.26. The summed E-state index contributed by atoms with van der Waals surface area (Å²) in [5.41, 5.74) is 7.59. The molecule has 0 radical (unpaired) electrons. The topological polar surface area (TPSA) is 102 Å². The summed E-state index contributed by atoms with van der Waals surface area (Å²) in [7, 11) is 0. The number of rotatable bonds is 5. The van der Waals surface area contributed by atoms with E-state index < -0.39 is 6.09 Å². The zero-order valence-electron chi connectivity index (χ0n) is 13.0. The molecule has 0 fully saturated rings. The highest BCUT2D eigenvalue weighted by Crippen LogP contribution is 2.18. The van der Waals surface area contributed by atoms with Crippen molar-refractivity contribution in [1.82, 2.24) is 14.9 Å². The summed E-state index contributed by atoms with van der Waals surface area (Å²) in [5, 5.41) is 2.68. The van der Waals surface area contributed by atoms with E-state index in [2.05, 4.69) is 10.3 Å². The molecule has 3 rings (SSSR count). The number of aromatic amines is 1. The molecule has 1 aromatic heterocycles. The lowest BCUT2D eigenvalue weighted by molar-refractivity contribution is 0.200. The molecule has 124 valence electrons. The summed E-state index contributed by atoms with van der Waals surface area (Å²) < 4.78 is 6.79. The van der Waals surface area contributed by atoms with Crippen molar-refractivity contribution in [2.75, 3.05) is 6.54 Å². The number of ether oxygens (including phenoxy) is 1. The number of H-pyrrole nitrogens is 1. The molecule has 7 nitrogen and oxygen atoms in total. The Hall–Kier alpha value is -3.06. The first-order chi connectivity index (χ1) is 11.7. The molecule has 4 N–H and O–H groups in total. The van der Waals surface area contributed by atoms with Crippen LogP contribution in [-0.2, 0) is 13.1 Å². The highest BCUT2D eigenvalue weighted by Gasteiger charge is 2.09. The van der Waals surface area contributed by atoms with Gasteiger partial charge in [0.1, 0.15) is 5.75 Å². The minimum absolute atomic E-state index is 0.235. The minimum Gasteiger partial charge on any atom is -0.410 e. The zero-order valence-corrected chi connectivity index (χ0v) is 13.0. The van der Waals surface area contributed by atoms with Gasteiger partial charge < -0.3 is 20.8 Å². The van der Waals surface area contributed by atoms with Crippen molar-refractivity contribution >= 4 is 17.1 Å². The van der Waals surface area contributed by atoms with Crippen LogP contribution >= 0.6 is 0 Å². The number of nitrogens with one attached hydrogen (secondary N) is 2. The monoisotopic (exact) mass is 326 g/mol. The van der Waals surface area contributed by atoms with Crippen molar-refractivity contribution in [3.8, 4) is 5.75 Å². The normalized spacial score (nSPS) is 10.7. The third-order valence-electron chi connectivity index (χ3n) is 3.59. The van der Waals surface area contributed by atoms with Crippen LogP contribution in [0, 0.1) is 0 Å². The number of fused-ring (bicyclic) bond motifs is 1. The molecule has 24 heavy (non-hydrogen) atoms. The number of carbonyl (C=O) groups is 1. The van der Waals surface area contributed by atoms with Crippen LogP contribution in [0.4, 0.5) is 4.79 Å². The molecule has 0 spiro atoms. The van der Waals surface area contributed by atoms with Gasteiger partial charge in [-0.3, -0.25) is 4.57 Å². The molecule has 0 aliphatic rings. The molecule has 1 heterocycles. The molecule has 0 saturated heterocycles. The Kier molecular flexibility index (Phi) is 4.62. The Morgan fingerprint density at radius 3 is 2.75 bits per heavy atom. The van der Waals surface area contributed by atoms with Gasteiger partial charge in [-0.25, -0.2) is 9.59 Å². The van der Waals surface area contributed by atoms with Gasteiger partial charge in [-0.05, 0) is 17.7 Å². The van der Waals surface area contributed by atoms with Gasteiger partial charge in [0.05, 0.1) is 11.0 Å². The Labute approximate surface area is 138 Å². The van der Waals surface area contributed by atoms with E-state index >= 15 is 0 Å². The van der Waals surface area contributed by atoms with Crippen LogP contribution in [0.2, 0.25) is 0 Å². The van der Waals surface area contributed by atoms with Crippen molar-refractivity contribution in [1.29, 1.82) is 0 Å². The van der Waals surface area contributed by atoms with Gasteiger partial charge in [0.15, 0.2) is 0 Å². The van der Waals surface area contributed by atoms with Crippen molar-refractivity contribution < 1.29 is 9.53 Å². The number of nitrogens with two attached hydrogens (primary N) is 1. The summed E-state index contributed by atoms with van der Waals surface area (Å²) in [4.78, 5) is 26.5. The van der Waals surface area contributed by atoms with Crippen molar-refractivity contribution in [2.45, 2.75) is 13.1 Å². The second kappa shape index (κ2) is 7.01. The first-order valence-corrected chi connectivity index (χ1v) is 7.59. The number of hydrogen-bond donors (Lipinski definition) is 3. The van der Waals surface area contributed by atoms with Gasteiger partial charge in [0.2, 0.25) is 0 Å². The second-order valence-electron chi connectivity index (χ2n) is 5.28. The second-order valence-corrected chi connectivity index (χ2v) is 5.28. The maximum atomic E-state index is 11.9. The van der Waals surface area contributed by atoms with Crippen molar-refractivity contribution in [3.05, 3.63) is 64.6 Å². The van der Waals surface area contributed by atoms with Gasteiger partial charge in [0.25, 0.3) is 0 Å². The quantitative estimate of drug-likeness (QED) is 0.662. The van der Waals surface area contributed by atoms with E-state index in [-0.39, 0.29) is 5.69 Å². The van der Waals surface area contributed by atoms with Crippen LogP contribution in [-0.4, -0.2) is 22.2 Å². The fraction of sp³-hybridized carbons (Fsp3) is 0.176. The van der Waals surface area contributed by atoms with Crippen LogP contribution in [0.3, 0.4) is 0 Å². The van der Waals surface area contributed by atoms with E-state index in [1.54, 1.807) is 18.2 Å². The standard InChI is InChI=1S/C17H18N4O3/c18-8-9-21-15-10-13(6-7-14(15)20-16(21)22)24-17(23)19-11-12-4-2-1-3-5-12/h1-7,10H,8-9,11,18H2,(H,19,23)(H,20,22). The zero-order chi connectivity index (χ0) is 16.9. The number of carbonyl (C=O) groups excluding carboxylic acids is 1. The fourth-order valence-corrected chi connectivity index (χ4v) is 2.46. The first-order valence-electron chi connectivity index (χ1n) is 7.59. The van der Waals surface area contributed by atoms with Crippen molar-refractivity contribution in [2.24, 2.45) is 5.73 Å². The molecule has 0 atom stereocenters. The highest BCUT2D eigenvalue weighted by molar-refractivity contribution is 5.79. The van der Waals surface area contributed by atoms with E-state index in [1.165, 1.54) is 4.57 Å². The number of aromatic nitrogens is 2. The fourth-order valence-electron chi connectivity index (χ4n) is 2.46. The smallest absolute Gasteiger partial charge is 0.410 e. The Morgan fingerprint density at radius 1 is 1.21 bits per heavy atom. The van der Waals surface area contributed by atoms with Gasteiger partial charge in [-0.15, -0.1) is 0 Å². The third kappa shape index (κ3) is 3.47. The molecular weight excluding hydrogens is 308 g/mol. The van der Waals surface area contributed by atoms with Crippen LogP contribution in [0.15, 0.2) is 53.3 Å². The average molecular weight is 326 g/mol. The Morgan fingerprint density at radius 2 is 2.00 bits per heavy atom. The van der Waals surface area contributed by atoms with E-state index in [0.29, 0.717) is 36.4 Å². The van der Waals surface area contributed by atoms with Crippen LogP contribution in [0.25, 0.3) is 11.0 Å². The number of nitrogens with zero attached hydrogens (tertiary/aromatic N) is 1. The predicted octanol–water partition coefficient (Wildman–Crippen LogP) is 1.58. The largest absolute Gasteiger partial charge is 0.412 e. The van der Waals surface area contributed by atoms with Crippen LogP contribution in [0.1, 0.15) is 5.56 Å². The SMILES string of the molecule is NCCn1c(=O)[nH]c2ccc(OC(=O)NCc3ccccc3)cc21. The van der Waals surface area contributed by atoms with Gasteiger partial charge in [0, 0.05) is 25.7 Å². The molecule has 2 aromatic carbocycles. The Bertz CT molecular complexity index is 899. The maximum Gasteiger partial charge on any atom is 0.412 e. The molecule has 0 bridgehead atoms. The summed E-state index contributed by atoms with van der Waals surface area (Å²) in [6, 6.07) is 14.5. The van der Waals surface area contributed by atoms with Crippen LogP contribution < -0.4 is 21.5 Å². The molecule has 0 aliphatic heterocycles. The Balaban J connectivity index is 1.71. The molecule has 0 unspecified atom stereocenters. The van der Waals surface area contributed by atoms with E-state index in [4.69, 9.17) is 10.5 Å². The lowest BCUT2D eigenvalue weighted by Gasteiger charge is -2.07. The van der Waals surface area contributed by atoms with Crippen molar-refractivity contribution in [3.63, 3.8) is 0 Å².